The third-order valence-corrected chi connectivity index (χ3v) is 6.48. The van der Waals surface area contributed by atoms with Gasteiger partial charge in [0.15, 0.2) is 11.5 Å². The van der Waals surface area contributed by atoms with E-state index < -0.39 is 0 Å². The molecule has 0 bridgehead atoms. The van der Waals surface area contributed by atoms with Crippen molar-refractivity contribution in [2.24, 2.45) is 0 Å². The first-order valence-corrected chi connectivity index (χ1v) is 13.3. The molecule has 1 aromatic heterocycles. The van der Waals surface area contributed by atoms with Crippen LogP contribution < -0.4 is 14.8 Å². The number of aromatic nitrogens is 2. The first-order chi connectivity index (χ1) is 18.7. The number of aryl methyl sites for hydroxylation is 2. The van der Waals surface area contributed by atoms with Crippen LogP contribution in [0.5, 0.6) is 11.5 Å². The number of nitrogens with zero attached hydrogens (tertiary/aromatic N) is 2. The predicted octanol–water partition coefficient (Wildman–Crippen LogP) is 5.92. The van der Waals surface area contributed by atoms with Gasteiger partial charge < -0.3 is 19.4 Å². The largest absolute Gasteiger partial charge is 0.493 e. The molecule has 1 amide bonds. The van der Waals surface area contributed by atoms with Crippen LogP contribution in [0.1, 0.15) is 36.2 Å². The number of ether oxygens (including phenoxy) is 2. The molecule has 198 valence electrons. The van der Waals surface area contributed by atoms with Crippen molar-refractivity contribution in [3.63, 3.8) is 0 Å². The second kappa shape index (κ2) is 14.0. The van der Waals surface area contributed by atoms with Gasteiger partial charge in [-0.1, -0.05) is 54.6 Å². The van der Waals surface area contributed by atoms with E-state index in [4.69, 9.17) is 14.5 Å². The molecule has 0 radical (unpaired) electrons. The van der Waals surface area contributed by atoms with E-state index in [9.17, 15) is 4.79 Å². The average Bonchev–Trinajstić information content (AvgIpc) is 3.29. The summed E-state index contributed by atoms with van der Waals surface area (Å²) in [5, 5.41) is 3.04. The molecule has 0 spiro atoms. The first-order valence-electron chi connectivity index (χ1n) is 13.3. The molecule has 3 aromatic carbocycles. The number of hydrogen-bond acceptors (Lipinski definition) is 4. The number of imidazole rings is 1. The lowest BCUT2D eigenvalue weighted by Crippen LogP contribution is -2.26. The summed E-state index contributed by atoms with van der Waals surface area (Å²) in [6.45, 7) is 5.92. The number of amides is 1. The molecule has 1 heterocycles. The predicted molar refractivity (Wildman–Crippen MR) is 153 cm³/mol. The van der Waals surface area contributed by atoms with Gasteiger partial charge in [0.25, 0.3) is 0 Å². The van der Waals surface area contributed by atoms with E-state index in [1.54, 1.807) is 7.11 Å². The Labute approximate surface area is 225 Å². The lowest BCUT2D eigenvalue weighted by Gasteiger charge is -2.13. The Bertz CT molecular complexity index is 1330. The number of benzene rings is 3. The van der Waals surface area contributed by atoms with Gasteiger partial charge in [-0.15, -0.1) is 6.58 Å². The maximum absolute atomic E-state index is 12.3. The zero-order valence-corrected chi connectivity index (χ0v) is 22.2. The molecule has 0 saturated heterocycles. The summed E-state index contributed by atoms with van der Waals surface area (Å²) in [7, 11) is 1.67. The summed E-state index contributed by atoms with van der Waals surface area (Å²) in [6, 6.07) is 24.1. The third kappa shape index (κ3) is 7.48. The second-order valence-corrected chi connectivity index (χ2v) is 9.32. The summed E-state index contributed by atoms with van der Waals surface area (Å²) in [6.07, 6.45) is 6.63. The van der Waals surface area contributed by atoms with Gasteiger partial charge >= 0.3 is 0 Å². The van der Waals surface area contributed by atoms with Crippen molar-refractivity contribution in [1.82, 2.24) is 14.9 Å². The molecule has 0 saturated carbocycles. The van der Waals surface area contributed by atoms with E-state index in [1.165, 1.54) is 0 Å². The van der Waals surface area contributed by atoms with Gasteiger partial charge in [0.05, 0.1) is 31.2 Å². The van der Waals surface area contributed by atoms with Crippen molar-refractivity contribution < 1.29 is 14.3 Å². The number of methoxy groups -OCH3 is 1. The lowest BCUT2D eigenvalue weighted by molar-refractivity contribution is -0.120. The molecular weight excluding hydrogens is 474 g/mol. The van der Waals surface area contributed by atoms with Crippen LogP contribution in [0.15, 0.2) is 85.5 Å². The molecule has 0 aliphatic carbocycles. The molecule has 6 heteroatoms. The van der Waals surface area contributed by atoms with Crippen LogP contribution in [-0.4, -0.2) is 35.7 Å². The van der Waals surface area contributed by atoms with Gasteiger partial charge in [0.1, 0.15) is 5.82 Å². The molecule has 1 N–H and O–H groups in total. The van der Waals surface area contributed by atoms with Gasteiger partial charge in [-0.25, -0.2) is 4.98 Å². The number of nitrogens with one attached hydrogen (secondary N) is 1. The van der Waals surface area contributed by atoms with Crippen molar-refractivity contribution in [3.8, 4) is 11.5 Å². The Balaban J connectivity index is 1.27. The number of fused-ring (bicyclic) bond motifs is 1. The minimum absolute atomic E-state index is 0.0525. The van der Waals surface area contributed by atoms with Crippen LogP contribution in [0.4, 0.5) is 0 Å². The van der Waals surface area contributed by atoms with E-state index in [0.29, 0.717) is 19.6 Å². The number of para-hydroxylation sites is 2. The Kier molecular flexibility index (Phi) is 9.96. The Hall–Kier alpha value is -4.06. The number of rotatable bonds is 15. The lowest BCUT2D eigenvalue weighted by atomic mass is 10.1. The summed E-state index contributed by atoms with van der Waals surface area (Å²) in [5.41, 5.74) is 4.34. The Morgan fingerprint density at radius 2 is 1.79 bits per heavy atom. The maximum atomic E-state index is 12.3. The van der Waals surface area contributed by atoms with E-state index in [0.717, 1.165) is 78.1 Å². The van der Waals surface area contributed by atoms with Crippen molar-refractivity contribution in [2.45, 2.75) is 45.1 Å². The number of hydrogen-bond donors (Lipinski definition) is 1. The molecule has 4 rings (SSSR count). The normalized spacial score (nSPS) is 10.9. The van der Waals surface area contributed by atoms with Crippen molar-refractivity contribution >= 4 is 16.9 Å². The SMILES string of the molecule is C=CCc1ccc(OCCCCn2c(CCCNC(=O)Cc3ccccc3)nc3ccccc32)c(OC)c1. The minimum atomic E-state index is 0.0525. The molecule has 0 atom stereocenters. The Morgan fingerprint density at radius 3 is 2.61 bits per heavy atom. The van der Waals surface area contributed by atoms with Crippen molar-refractivity contribution in [3.05, 3.63) is 102 Å². The summed E-state index contributed by atoms with van der Waals surface area (Å²) < 4.78 is 13.8. The Morgan fingerprint density at radius 1 is 0.974 bits per heavy atom. The molecule has 6 nitrogen and oxygen atoms in total. The monoisotopic (exact) mass is 511 g/mol. The topological polar surface area (TPSA) is 65.4 Å². The molecule has 0 aliphatic heterocycles. The number of carbonyl (C=O) groups excluding carboxylic acids is 1. The van der Waals surface area contributed by atoms with Gasteiger partial charge in [-0.05, 0) is 61.1 Å². The van der Waals surface area contributed by atoms with E-state index in [-0.39, 0.29) is 5.91 Å². The van der Waals surface area contributed by atoms with Gasteiger partial charge in [-0.2, -0.15) is 0 Å². The van der Waals surface area contributed by atoms with Crippen LogP contribution >= 0.6 is 0 Å². The molecule has 0 fully saturated rings. The average molecular weight is 512 g/mol. The van der Waals surface area contributed by atoms with E-state index in [2.05, 4.69) is 34.7 Å². The zero-order valence-electron chi connectivity index (χ0n) is 22.2. The highest BCUT2D eigenvalue weighted by Crippen LogP contribution is 2.28. The third-order valence-electron chi connectivity index (χ3n) is 6.48. The summed E-state index contributed by atoms with van der Waals surface area (Å²) in [4.78, 5) is 17.2. The molecule has 4 aromatic rings. The number of allylic oxidation sites excluding steroid dienone is 1. The number of unbranched alkanes of at least 4 members (excludes halogenated alkanes) is 1. The minimum Gasteiger partial charge on any atom is -0.493 e. The van der Waals surface area contributed by atoms with Crippen molar-refractivity contribution in [2.75, 3.05) is 20.3 Å². The van der Waals surface area contributed by atoms with E-state index >= 15 is 0 Å². The van der Waals surface area contributed by atoms with E-state index in [1.807, 2.05) is 60.7 Å². The van der Waals surface area contributed by atoms with Crippen LogP contribution in [0.25, 0.3) is 11.0 Å². The highest BCUT2D eigenvalue weighted by molar-refractivity contribution is 5.78. The molecule has 38 heavy (non-hydrogen) atoms. The van der Waals surface area contributed by atoms with Crippen LogP contribution in [0, 0.1) is 0 Å². The quantitative estimate of drug-likeness (QED) is 0.159. The highest BCUT2D eigenvalue weighted by atomic mass is 16.5. The maximum Gasteiger partial charge on any atom is 0.224 e. The number of carbonyl (C=O) groups is 1. The molecule has 0 unspecified atom stereocenters. The highest BCUT2D eigenvalue weighted by Gasteiger charge is 2.11. The van der Waals surface area contributed by atoms with Crippen LogP contribution in [0.2, 0.25) is 0 Å². The fourth-order valence-corrected chi connectivity index (χ4v) is 4.56. The molecule has 0 aliphatic rings. The smallest absolute Gasteiger partial charge is 0.224 e. The first kappa shape index (κ1) is 27.0. The summed E-state index contributed by atoms with van der Waals surface area (Å²) in [5.74, 6) is 2.63. The fourth-order valence-electron chi connectivity index (χ4n) is 4.56. The standard InChI is InChI=1S/C32H37N3O3/c1-3-12-25-18-19-29(30(23-25)37-2)38-22-10-9-21-35-28-16-8-7-15-27(28)34-31(35)17-11-20-33-32(36)24-26-13-5-4-6-14-26/h3-8,13-16,18-19,23H,1,9-12,17,20-22,24H2,2H3,(H,33,36). The molecular formula is C32H37N3O3. The fraction of sp³-hybridized carbons (Fsp3) is 0.312. The van der Waals surface area contributed by atoms with Crippen LogP contribution in [-0.2, 0) is 30.6 Å². The van der Waals surface area contributed by atoms with Crippen molar-refractivity contribution in [1.29, 1.82) is 0 Å². The zero-order chi connectivity index (χ0) is 26.6. The summed E-state index contributed by atoms with van der Waals surface area (Å²) >= 11 is 0. The van der Waals surface area contributed by atoms with Gasteiger partial charge in [0.2, 0.25) is 5.91 Å². The van der Waals surface area contributed by atoms with Gasteiger partial charge in [-0.3, -0.25) is 4.79 Å². The second-order valence-electron chi connectivity index (χ2n) is 9.32. The van der Waals surface area contributed by atoms with Crippen LogP contribution in [0.3, 0.4) is 0 Å². The van der Waals surface area contributed by atoms with Gasteiger partial charge in [0, 0.05) is 19.5 Å².